The SMILES string of the molecule is COC(=O)CN(Cc1ccccc1C)C(=O)CCNC(=O)c1ccc(F)cc1. The number of rotatable bonds is 8. The Labute approximate surface area is 163 Å². The maximum absolute atomic E-state index is 12.9. The van der Waals surface area contributed by atoms with Crippen LogP contribution in [0.2, 0.25) is 0 Å². The minimum absolute atomic E-state index is 0.0236. The van der Waals surface area contributed by atoms with Gasteiger partial charge in [0.05, 0.1) is 7.11 Å². The second-order valence-electron chi connectivity index (χ2n) is 6.27. The van der Waals surface area contributed by atoms with Crippen LogP contribution >= 0.6 is 0 Å². The van der Waals surface area contributed by atoms with Gasteiger partial charge in [-0.2, -0.15) is 0 Å². The van der Waals surface area contributed by atoms with Crippen LogP contribution in [-0.2, 0) is 20.9 Å². The Morgan fingerprint density at radius 1 is 1.07 bits per heavy atom. The van der Waals surface area contributed by atoms with E-state index < -0.39 is 17.7 Å². The van der Waals surface area contributed by atoms with Gasteiger partial charge >= 0.3 is 5.97 Å². The Morgan fingerprint density at radius 3 is 2.39 bits per heavy atom. The normalized spacial score (nSPS) is 10.2. The van der Waals surface area contributed by atoms with Crippen molar-refractivity contribution in [2.24, 2.45) is 0 Å². The molecule has 7 heteroatoms. The highest BCUT2D eigenvalue weighted by Crippen LogP contribution is 2.11. The van der Waals surface area contributed by atoms with Crippen molar-refractivity contribution in [1.82, 2.24) is 10.2 Å². The van der Waals surface area contributed by atoms with Gasteiger partial charge in [-0.3, -0.25) is 14.4 Å². The molecule has 0 fully saturated rings. The molecule has 0 atom stereocenters. The highest BCUT2D eigenvalue weighted by Gasteiger charge is 2.19. The second-order valence-corrected chi connectivity index (χ2v) is 6.27. The molecule has 2 aromatic carbocycles. The standard InChI is InChI=1S/C21H23FN2O4/c1-15-5-3-4-6-17(15)13-24(14-20(26)28-2)19(25)11-12-23-21(27)16-7-9-18(22)10-8-16/h3-10H,11-14H2,1-2H3,(H,23,27). The van der Waals surface area contributed by atoms with Crippen LogP contribution in [0.15, 0.2) is 48.5 Å². The molecule has 28 heavy (non-hydrogen) atoms. The van der Waals surface area contributed by atoms with Crippen molar-refractivity contribution < 1.29 is 23.5 Å². The highest BCUT2D eigenvalue weighted by atomic mass is 19.1. The summed E-state index contributed by atoms with van der Waals surface area (Å²) in [5, 5.41) is 2.62. The van der Waals surface area contributed by atoms with E-state index in [0.717, 1.165) is 11.1 Å². The summed E-state index contributed by atoms with van der Waals surface area (Å²) in [6.07, 6.45) is 0.0236. The van der Waals surface area contributed by atoms with Gasteiger partial charge in [0.15, 0.2) is 0 Å². The number of hydrogen-bond donors (Lipinski definition) is 1. The van der Waals surface area contributed by atoms with Crippen molar-refractivity contribution in [2.75, 3.05) is 20.2 Å². The van der Waals surface area contributed by atoms with Crippen molar-refractivity contribution in [1.29, 1.82) is 0 Å². The number of nitrogens with zero attached hydrogens (tertiary/aromatic N) is 1. The Bertz CT molecular complexity index is 837. The summed E-state index contributed by atoms with van der Waals surface area (Å²) >= 11 is 0. The lowest BCUT2D eigenvalue weighted by Crippen LogP contribution is -2.38. The summed E-state index contributed by atoms with van der Waals surface area (Å²) in [5.41, 5.74) is 2.24. The van der Waals surface area contributed by atoms with E-state index in [1.54, 1.807) is 0 Å². The number of methoxy groups -OCH3 is 1. The Balaban J connectivity index is 1.95. The van der Waals surface area contributed by atoms with Crippen molar-refractivity contribution >= 4 is 17.8 Å². The zero-order chi connectivity index (χ0) is 20.5. The lowest BCUT2D eigenvalue weighted by Gasteiger charge is -2.22. The first-order valence-corrected chi connectivity index (χ1v) is 8.83. The van der Waals surface area contributed by atoms with E-state index in [9.17, 15) is 18.8 Å². The molecule has 0 spiro atoms. The molecule has 1 N–H and O–H groups in total. The topological polar surface area (TPSA) is 75.7 Å². The van der Waals surface area contributed by atoms with Gasteiger partial charge in [0, 0.05) is 25.1 Å². The first-order chi connectivity index (χ1) is 13.4. The maximum atomic E-state index is 12.9. The van der Waals surface area contributed by atoms with Crippen LogP contribution < -0.4 is 5.32 Å². The van der Waals surface area contributed by atoms with E-state index in [2.05, 4.69) is 10.1 Å². The summed E-state index contributed by atoms with van der Waals surface area (Å²) in [6.45, 7) is 2.13. The average Bonchev–Trinajstić information content (AvgIpc) is 2.69. The third kappa shape index (κ3) is 6.19. The number of benzene rings is 2. The molecular formula is C21H23FN2O4. The molecule has 2 aromatic rings. The number of aryl methyl sites for hydroxylation is 1. The lowest BCUT2D eigenvalue weighted by molar-refractivity contribution is -0.147. The predicted octanol–water partition coefficient (Wildman–Crippen LogP) is 2.46. The van der Waals surface area contributed by atoms with Crippen LogP contribution in [0, 0.1) is 12.7 Å². The molecule has 0 aliphatic heterocycles. The number of carbonyl (C=O) groups is 3. The van der Waals surface area contributed by atoms with Gasteiger partial charge in [0.25, 0.3) is 5.91 Å². The zero-order valence-corrected chi connectivity index (χ0v) is 15.9. The van der Waals surface area contributed by atoms with Crippen LogP contribution in [0.4, 0.5) is 4.39 Å². The number of ether oxygens (including phenoxy) is 1. The highest BCUT2D eigenvalue weighted by molar-refractivity contribution is 5.94. The fourth-order valence-corrected chi connectivity index (χ4v) is 2.59. The van der Waals surface area contributed by atoms with Gasteiger partial charge in [0.1, 0.15) is 12.4 Å². The van der Waals surface area contributed by atoms with Gasteiger partial charge in [0.2, 0.25) is 5.91 Å². The summed E-state index contributed by atoms with van der Waals surface area (Å²) in [5.74, 6) is -1.63. The van der Waals surface area contributed by atoms with E-state index in [-0.39, 0.29) is 32.0 Å². The Hall–Kier alpha value is -3.22. The minimum Gasteiger partial charge on any atom is -0.468 e. The van der Waals surface area contributed by atoms with E-state index in [0.29, 0.717) is 5.56 Å². The summed E-state index contributed by atoms with van der Waals surface area (Å²) < 4.78 is 17.6. The van der Waals surface area contributed by atoms with Gasteiger partial charge in [-0.05, 0) is 42.3 Å². The Morgan fingerprint density at radius 2 is 1.75 bits per heavy atom. The smallest absolute Gasteiger partial charge is 0.325 e. The largest absolute Gasteiger partial charge is 0.468 e. The molecule has 0 saturated carbocycles. The van der Waals surface area contributed by atoms with Gasteiger partial charge < -0.3 is 15.0 Å². The molecule has 0 aromatic heterocycles. The molecule has 0 aliphatic carbocycles. The fraction of sp³-hybridized carbons (Fsp3) is 0.286. The van der Waals surface area contributed by atoms with Gasteiger partial charge in [-0.1, -0.05) is 24.3 Å². The van der Waals surface area contributed by atoms with Crippen LogP contribution in [0.25, 0.3) is 0 Å². The third-order valence-electron chi connectivity index (χ3n) is 4.25. The van der Waals surface area contributed by atoms with Crippen LogP contribution in [-0.4, -0.2) is 42.9 Å². The van der Waals surface area contributed by atoms with Gasteiger partial charge in [-0.15, -0.1) is 0 Å². The molecule has 2 rings (SSSR count). The summed E-state index contributed by atoms with van der Waals surface area (Å²) in [4.78, 5) is 37.7. The van der Waals surface area contributed by atoms with E-state index in [1.807, 2.05) is 31.2 Å². The second kappa shape index (κ2) is 10.2. The number of esters is 1. The van der Waals surface area contributed by atoms with E-state index in [4.69, 9.17) is 0 Å². The molecule has 148 valence electrons. The monoisotopic (exact) mass is 386 g/mol. The quantitative estimate of drug-likeness (QED) is 0.707. The van der Waals surface area contributed by atoms with Gasteiger partial charge in [-0.25, -0.2) is 4.39 Å². The number of amides is 2. The summed E-state index contributed by atoms with van der Waals surface area (Å²) in [6, 6.07) is 12.7. The van der Waals surface area contributed by atoms with E-state index in [1.165, 1.54) is 36.3 Å². The van der Waals surface area contributed by atoms with Crippen molar-refractivity contribution in [2.45, 2.75) is 19.9 Å². The molecule has 0 unspecified atom stereocenters. The number of halogens is 1. The molecule has 0 heterocycles. The molecule has 0 saturated heterocycles. The molecular weight excluding hydrogens is 363 g/mol. The van der Waals surface area contributed by atoms with E-state index >= 15 is 0 Å². The number of hydrogen-bond acceptors (Lipinski definition) is 4. The third-order valence-corrected chi connectivity index (χ3v) is 4.25. The summed E-state index contributed by atoms with van der Waals surface area (Å²) in [7, 11) is 1.27. The first-order valence-electron chi connectivity index (χ1n) is 8.83. The molecule has 0 aliphatic rings. The molecule has 6 nitrogen and oxygen atoms in total. The van der Waals surface area contributed by atoms with Crippen molar-refractivity contribution in [3.8, 4) is 0 Å². The molecule has 2 amide bonds. The zero-order valence-electron chi connectivity index (χ0n) is 15.9. The van der Waals surface area contributed by atoms with Crippen LogP contribution in [0.5, 0.6) is 0 Å². The molecule has 0 bridgehead atoms. The minimum atomic E-state index is -0.516. The van der Waals surface area contributed by atoms with Crippen molar-refractivity contribution in [3.05, 3.63) is 71.0 Å². The predicted molar refractivity (Wildman–Crippen MR) is 102 cm³/mol. The Kier molecular flexibility index (Phi) is 7.68. The average molecular weight is 386 g/mol. The van der Waals surface area contributed by atoms with Crippen molar-refractivity contribution in [3.63, 3.8) is 0 Å². The maximum Gasteiger partial charge on any atom is 0.325 e. The lowest BCUT2D eigenvalue weighted by atomic mass is 10.1. The van der Waals surface area contributed by atoms with Crippen LogP contribution in [0.1, 0.15) is 27.9 Å². The number of carbonyl (C=O) groups excluding carboxylic acids is 3. The van der Waals surface area contributed by atoms with Crippen LogP contribution in [0.3, 0.4) is 0 Å². The number of nitrogens with one attached hydrogen (secondary N) is 1. The molecule has 0 radical (unpaired) electrons. The first kappa shape index (κ1) is 21.1. The fourth-order valence-electron chi connectivity index (χ4n) is 2.59.